The van der Waals surface area contributed by atoms with Gasteiger partial charge in [0.2, 0.25) is 5.95 Å². The molecule has 0 saturated heterocycles. The maximum Gasteiger partial charge on any atom is 0.416 e. The highest BCUT2D eigenvalue weighted by atomic mass is 35.5. The number of anilines is 3. The molecule has 2 N–H and O–H groups in total. The van der Waals surface area contributed by atoms with Crippen LogP contribution in [-0.2, 0) is 6.18 Å². The number of nitrogens with zero attached hydrogens (tertiary/aromatic N) is 3. The molecule has 0 saturated carbocycles. The molecule has 11 heteroatoms. The smallest absolute Gasteiger partial charge is 0.360 e. The van der Waals surface area contributed by atoms with Gasteiger partial charge in [0.25, 0.3) is 5.91 Å². The summed E-state index contributed by atoms with van der Waals surface area (Å²) < 4.78 is 43.4. The van der Waals surface area contributed by atoms with E-state index >= 15 is 0 Å². The van der Waals surface area contributed by atoms with E-state index in [4.69, 9.17) is 16.1 Å². The van der Waals surface area contributed by atoms with Crippen molar-refractivity contribution in [3.63, 3.8) is 0 Å². The van der Waals surface area contributed by atoms with Crippen LogP contribution in [0.5, 0.6) is 0 Å². The number of carbonyl (C=O) groups is 1. The molecule has 0 radical (unpaired) electrons. The van der Waals surface area contributed by atoms with Crippen LogP contribution in [-0.4, -0.2) is 21.0 Å². The number of aromatic nitrogens is 3. The number of amides is 1. The van der Waals surface area contributed by atoms with Crippen LogP contribution in [0.15, 0.2) is 41.1 Å². The summed E-state index contributed by atoms with van der Waals surface area (Å²) in [6, 6.07) is 5.65. The number of rotatable bonds is 4. The molecule has 1 amide bonds. The van der Waals surface area contributed by atoms with Gasteiger partial charge in [0, 0.05) is 12.3 Å². The highest BCUT2D eigenvalue weighted by Crippen LogP contribution is 2.34. The van der Waals surface area contributed by atoms with Crippen LogP contribution in [0.2, 0.25) is 5.02 Å². The number of nitrogens with one attached hydrogen (secondary N) is 2. The molecule has 0 aliphatic rings. The second-order valence-electron chi connectivity index (χ2n) is 5.36. The van der Waals surface area contributed by atoms with Gasteiger partial charge in [-0.25, -0.2) is 9.97 Å². The van der Waals surface area contributed by atoms with E-state index in [1.54, 1.807) is 6.92 Å². The first kappa shape index (κ1) is 18.6. The molecule has 2 aromatic heterocycles. The van der Waals surface area contributed by atoms with Gasteiger partial charge in [0.05, 0.1) is 16.3 Å². The van der Waals surface area contributed by atoms with Gasteiger partial charge >= 0.3 is 6.18 Å². The van der Waals surface area contributed by atoms with E-state index in [9.17, 15) is 18.0 Å². The summed E-state index contributed by atoms with van der Waals surface area (Å²) in [4.78, 5) is 20.1. The molecule has 3 aromatic rings. The van der Waals surface area contributed by atoms with Crippen molar-refractivity contribution in [3.8, 4) is 0 Å². The molecule has 0 spiro atoms. The normalized spacial score (nSPS) is 11.3. The second-order valence-corrected chi connectivity index (χ2v) is 5.77. The molecule has 2 heterocycles. The van der Waals surface area contributed by atoms with Crippen LogP contribution in [0.1, 0.15) is 21.8 Å². The first-order chi connectivity index (χ1) is 12.7. The Morgan fingerprint density at radius 2 is 2.00 bits per heavy atom. The SMILES string of the molecule is Cc1cc(NC(=O)c2ccnc(Nc3cc(C(F)(F)F)ccc3Cl)n2)no1. The number of benzene rings is 1. The standard InChI is InChI=1S/C16H11ClF3N5O2/c1-8-6-13(25-27-8)24-14(26)11-4-5-21-15(22-11)23-12-7-9(16(18,19)20)2-3-10(12)17/h2-7H,1H3,(H,21,22,23)(H,24,25,26). The van der Waals surface area contributed by atoms with Gasteiger partial charge < -0.3 is 15.2 Å². The lowest BCUT2D eigenvalue weighted by Crippen LogP contribution is -2.15. The molecule has 0 aliphatic carbocycles. The highest BCUT2D eigenvalue weighted by Gasteiger charge is 2.31. The van der Waals surface area contributed by atoms with Gasteiger partial charge in [-0.1, -0.05) is 16.8 Å². The first-order valence-electron chi connectivity index (χ1n) is 7.44. The molecule has 0 fully saturated rings. The Morgan fingerprint density at radius 1 is 1.22 bits per heavy atom. The van der Waals surface area contributed by atoms with Gasteiger partial charge in [-0.05, 0) is 31.2 Å². The van der Waals surface area contributed by atoms with Crippen LogP contribution >= 0.6 is 11.6 Å². The fourth-order valence-electron chi connectivity index (χ4n) is 2.07. The van der Waals surface area contributed by atoms with Crippen molar-refractivity contribution in [2.45, 2.75) is 13.1 Å². The van der Waals surface area contributed by atoms with Crippen LogP contribution < -0.4 is 10.6 Å². The van der Waals surface area contributed by atoms with Crippen molar-refractivity contribution in [1.82, 2.24) is 15.1 Å². The summed E-state index contributed by atoms with van der Waals surface area (Å²) in [5.41, 5.74) is -0.961. The summed E-state index contributed by atoms with van der Waals surface area (Å²) in [5.74, 6) is 0.0187. The average Bonchev–Trinajstić information content (AvgIpc) is 3.01. The monoisotopic (exact) mass is 397 g/mol. The molecule has 3 rings (SSSR count). The van der Waals surface area contributed by atoms with Gasteiger partial charge in [-0.2, -0.15) is 13.2 Å². The van der Waals surface area contributed by atoms with Crippen LogP contribution in [0, 0.1) is 6.92 Å². The average molecular weight is 398 g/mol. The Balaban J connectivity index is 1.81. The third-order valence-corrected chi connectivity index (χ3v) is 3.63. The minimum absolute atomic E-state index is 0.0312. The number of aryl methyl sites for hydroxylation is 1. The topological polar surface area (TPSA) is 92.9 Å². The van der Waals surface area contributed by atoms with Crippen molar-refractivity contribution in [2.24, 2.45) is 0 Å². The maximum atomic E-state index is 12.8. The Labute approximate surface area is 155 Å². The zero-order valence-electron chi connectivity index (χ0n) is 13.6. The lowest BCUT2D eigenvalue weighted by atomic mass is 10.2. The van der Waals surface area contributed by atoms with Crippen LogP contribution in [0.4, 0.5) is 30.6 Å². The van der Waals surface area contributed by atoms with Crippen molar-refractivity contribution < 1.29 is 22.5 Å². The number of hydrogen-bond donors (Lipinski definition) is 2. The van der Waals surface area contributed by atoms with Gasteiger partial charge in [-0.15, -0.1) is 0 Å². The van der Waals surface area contributed by atoms with E-state index in [2.05, 4.69) is 25.8 Å². The minimum atomic E-state index is -4.53. The van der Waals surface area contributed by atoms with Crippen LogP contribution in [0.25, 0.3) is 0 Å². The number of alkyl halides is 3. The van der Waals surface area contributed by atoms with Crippen molar-refractivity contribution >= 4 is 35.0 Å². The predicted molar refractivity (Wildman–Crippen MR) is 91.0 cm³/mol. The van der Waals surface area contributed by atoms with E-state index in [-0.39, 0.29) is 28.2 Å². The Hall–Kier alpha value is -3.14. The third-order valence-electron chi connectivity index (χ3n) is 3.30. The van der Waals surface area contributed by atoms with E-state index in [1.165, 1.54) is 18.3 Å². The summed E-state index contributed by atoms with van der Waals surface area (Å²) in [5, 5.41) is 8.72. The van der Waals surface area contributed by atoms with E-state index in [0.717, 1.165) is 18.2 Å². The van der Waals surface area contributed by atoms with E-state index < -0.39 is 17.6 Å². The Morgan fingerprint density at radius 3 is 2.67 bits per heavy atom. The lowest BCUT2D eigenvalue weighted by Gasteiger charge is -2.11. The zero-order chi connectivity index (χ0) is 19.6. The van der Waals surface area contributed by atoms with Crippen LogP contribution in [0.3, 0.4) is 0 Å². The third kappa shape index (κ3) is 4.53. The molecule has 0 aliphatic heterocycles. The summed E-state index contributed by atoms with van der Waals surface area (Å²) >= 11 is 5.92. The largest absolute Gasteiger partial charge is 0.416 e. The van der Waals surface area contributed by atoms with E-state index in [0.29, 0.717) is 5.76 Å². The fraction of sp³-hybridized carbons (Fsp3) is 0.125. The fourth-order valence-corrected chi connectivity index (χ4v) is 2.23. The Bertz CT molecular complexity index is 990. The molecular weight excluding hydrogens is 387 g/mol. The molecule has 27 heavy (non-hydrogen) atoms. The molecule has 0 unspecified atom stereocenters. The number of hydrogen-bond acceptors (Lipinski definition) is 6. The predicted octanol–water partition coefficient (Wildman–Crippen LogP) is 4.44. The summed E-state index contributed by atoms with van der Waals surface area (Å²) in [6.07, 6.45) is -3.25. The zero-order valence-corrected chi connectivity index (χ0v) is 14.4. The number of carbonyl (C=O) groups excluding carboxylic acids is 1. The highest BCUT2D eigenvalue weighted by molar-refractivity contribution is 6.33. The number of halogens is 4. The second kappa shape index (κ2) is 7.23. The summed E-state index contributed by atoms with van der Waals surface area (Å²) in [7, 11) is 0. The van der Waals surface area contributed by atoms with Gasteiger partial charge in [0.15, 0.2) is 5.82 Å². The minimum Gasteiger partial charge on any atom is -0.360 e. The maximum absolute atomic E-state index is 12.8. The molecule has 0 bridgehead atoms. The first-order valence-corrected chi connectivity index (χ1v) is 7.81. The van der Waals surface area contributed by atoms with Crippen molar-refractivity contribution in [1.29, 1.82) is 0 Å². The quantitative estimate of drug-likeness (QED) is 0.676. The van der Waals surface area contributed by atoms with Crippen molar-refractivity contribution in [3.05, 3.63) is 58.6 Å². The van der Waals surface area contributed by atoms with Gasteiger partial charge in [-0.3, -0.25) is 4.79 Å². The molecular formula is C16H11ClF3N5O2. The van der Waals surface area contributed by atoms with E-state index in [1.807, 2.05) is 0 Å². The summed E-state index contributed by atoms with van der Waals surface area (Å²) in [6.45, 7) is 1.66. The van der Waals surface area contributed by atoms with Crippen molar-refractivity contribution in [2.75, 3.05) is 10.6 Å². The molecule has 0 atom stereocenters. The molecule has 1 aromatic carbocycles. The Kier molecular flexibility index (Phi) is 5.00. The van der Waals surface area contributed by atoms with Gasteiger partial charge in [0.1, 0.15) is 11.5 Å². The molecule has 140 valence electrons. The molecule has 7 nitrogen and oxygen atoms in total. The lowest BCUT2D eigenvalue weighted by molar-refractivity contribution is -0.137.